The van der Waals surface area contributed by atoms with Gasteiger partial charge in [-0.25, -0.2) is 4.39 Å². The van der Waals surface area contributed by atoms with Crippen LogP contribution < -0.4 is 20.1 Å². The Bertz CT molecular complexity index is 1480. The van der Waals surface area contributed by atoms with Crippen LogP contribution in [0, 0.1) is 29.5 Å². The zero-order chi connectivity index (χ0) is 32.1. The molecule has 44 heavy (non-hydrogen) atoms. The van der Waals surface area contributed by atoms with E-state index in [2.05, 4.69) is 10.6 Å². The number of hydrogen-bond donors (Lipinski definition) is 3. The van der Waals surface area contributed by atoms with Gasteiger partial charge in [0.15, 0.2) is 11.6 Å². The first-order chi connectivity index (χ1) is 20.4. The predicted molar refractivity (Wildman–Crippen MR) is 149 cm³/mol. The molecule has 15 heteroatoms. The molecule has 3 aliphatic carbocycles. The number of rotatable bonds is 9. The number of benzene rings is 2. The number of aliphatic carboxylic acids is 1. The van der Waals surface area contributed by atoms with Crippen LogP contribution in [0.2, 0.25) is 0 Å². The Kier molecular flexibility index (Phi) is 7.78. The van der Waals surface area contributed by atoms with Crippen molar-refractivity contribution in [3.05, 3.63) is 47.8 Å². The van der Waals surface area contributed by atoms with Crippen LogP contribution in [0.5, 0.6) is 11.5 Å². The van der Waals surface area contributed by atoms with Gasteiger partial charge in [0.1, 0.15) is 10.6 Å². The zero-order valence-corrected chi connectivity index (χ0v) is 24.4. The third-order valence-electron chi connectivity index (χ3n) is 8.88. The average Bonchev–Trinajstić information content (AvgIpc) is 3.55. The van der Waals surface area contributed by atoms with Gasteiger partial charge in [0, 0.05) is 17.8 Å². The number of fused-ring (bicyclic) bond motifs is 2. The second-order valence-corrected chi connectivity index (χ2v) is 14.2. The zero-order valence-electron chi connectivity index (χ0n) is 23.5. The molecule has 0 spiro atoms. The van der Waals surface area contributed by atoms with E-state index in [1.54, 1.807) is 0 Å². The van der Waals surface area contributed by atoms with Crippen molar-refractivity contribution >= 4 is 33.7 Å². The minimum absolute atomic E-state index is 0.0753. The first-order valence-corrected chi connectivity index (χ1v) is 16.1. The van der Waals surface area contributed by atoms with E-state index in [-0.39, 0.29) is 41.0 Å². The lowest BCUT2D eigenvalue weighted by molar-refractivity contribution is -0.143. The minimum Gasteiger partial charge on any atom is -0.496 e. The van der Waals surface area contributed by atoms with Crippen LogP contribution in [0.4, 0.5) is 29.5 Å². The van der Waals surface area contributed by atoms with Crippen LogP contribution >= 0.6 is 10.2 Å². The topological polar surface area (TPSA) is 114 Å². The fourth-order valence-electron chi connectivity index (χ4n) is 6.72. The smallest absolute Gasteiger partial charge is 0.310 e. The van der Waals surface area contributed by atoms with Gasteiger partial charge in [0.25, 0.3) is 5.91 Å². The van der Waals surface area contributed by atoms with Gasteiger partial charge in [-0.1, -0.05) is 25.5 Å². The van der Waals surface area contributed by atoms with E-state index in [1.165, 1.54) is 13.2 Å². The Morgan fingerprint density at radius 3 is 2.23 bits per heavy atom. The number of carboxylic acids is 1. The third-order valence-corrected chi connectivity index (χ3v) is 10.0. The van der Waals surface area contributed by atoms with E-state index in [0.29, 0.717) is 44.9 Å². The maximum atomic E-state index is 14.9. The summed E-state index contributed by atoms with van der Waals surface area (Å²) >= 11 is 0. The second kappa shape index (κ2) is 10.8. The first kappa shape index (κ1) is 31.8. The summed E-state index contributed by atoms with van der Waals surface area (Å²) in [7, 11) is -8.73. The van der Waals surface area contributed by atoms with Crippen LogP contribution in [-0.2, 0) is 9.59 Å². The monoisotopic (exact) mass is 650 g/mol. The summed E-state index contributed by atoms with van der Waals surface area (Å²) in [4.78, 5) is 35.9. The summed E-state index contributed by atoms with van der Waals surface area (Å²) < 4.78 is 92.5. The number of nitrogens with one attached hydrogen (secondary N) is 2. The van der Waals surface area contributed by atoms with Crippen molar-refractivity contribution in [1.29, 1.82) is 0 Å². The minimum atomic E-state index is -9.97. The van der Waals surface area contributed by atoms with Crippen LogP contribution in [0.3, 0.4) is 0 Å². The standard InChI is InChI=1S/C29H32F6N2O6S/c1-42-23-14-22(30)24(43-19-9-7-15(8-10-19)29(40)41)13-21(23)27(38)37-26-17-6-5-16(11-17)25(26)28(39)36-18-3-2-4-20(12-18)44(31,32,33,34)35/h2-4,12-17,19,25-26H,5-11H2,1H3,(H,36,39)(H,37,38)(H,40,41)/t15-,16-,17+,19+,25+,26-/m1/s1. The third kappa shape index (κ3) is 6.71. The maximum Gasteiger partial charge on any atom is 0.310 e. The van der Waals surface area contributed by atoms with E-state index in [4.69, 9.17) is 9.47 Å². The molecule has 2 aromatic carbocycles. The number of amides is 2. The Morgan fingerprint density at radius 1 is 0.909 bits per heavy atom. The van der Waals surface area contributed by atoms with Gasteiger partial charge < -0.3 is 25.2 Å². The van der Waals surface area contributed by atoms with Crippen molar-refractivity contribution in [2.75, 3.05) is 12.4 Å². The molecule has 0 saturated heterocycles. The summed E-state index contributed by atoms with van der Waals surface area (Å²) in [5.41, 5.74) is -0.526. The number of ether oxygens (including phenoxy) is 2. The van der Waals surface area contributed by atoms with Crippen molar-refractivity contribution < 1.29 is 52.8 Å². The first-order valence-electron chi connectivity index (χ1n) is 14.2. The molecule has 3 aliphatic rings. The number of carbonyl (C=O) groups is 3. The molecule has 3 N–H and O–H groups in total. The lowest BCUT2D eigenvalue weighted by atomic mass is 9.83. The van der Waals surface area contributed by atoms with Gasteiger partial charge in [0.2, 0.25) is 5.91 Å². The lowest BCUT2D eigenvalue weighted by Crippen LogP contribution is -2.48. The molecule has 242 valence electrons. The van der Waals surface area contributed by atoms with Gasteiger partial charge >= 0.3 is 16.2 Å². The summed E-state index contributed by atoms with van der Waals surface area (Å²) in [6.07, 6.45) is 2.94. The summed E-state index contributed by atoms with van der Waals surface area (Å²) in [6.45, 7) is 0. The molecule has 0 aliphatic heterocycles. The highest BCUT2D eigenvalue weighted by Gasteiger charge is 2.65. The molecular weight excluding hydrogens is 618 g/mol. The molecule has 0 aromatic heterocycles. The quantitative estimate of drug-likeness (QED) is 0.246. The molecule has 2 bridgehead atoms. The van der Waals surface area contributed by atoms with Crippen LogP contribution in [0.1, 0.15) is 55.3 Å². The Labute approximate surface area is 249 Å². The van der Waals surface area contributed by atoms with Gasteiger partial charge in [0.05, 0.1) is 30.6 Å². The van der Waals surface area contributed by atoms with Gasteiger partial charge in [-0.05, 0) is 81.0 Å². The highest BCUT2D eigenvalue weighted by molar-refractivity contribution is 8.45. The molecule has 3 saturated carbocycles. The van der Waals surface area contributed by atoms with E-state index in [9.17, 15) is 43.3 Å². The van der Waals surface area contributed by atoms with Gasteiger partial charge in [-0.3, -0.25) is 14.4 Å². The molecule has 8 nitrogen and oxygen atoms in total. The largest absolute Gasteiger partial charge is 0.496 e. The van der Waals surface area contributed by atoms with E-state index >= 15 is 0 Å². The number of anilines is 1. The Balaban J connectivity index is 1.33. The number of hydrogen-bond acceptors (Lipinski definition) is 5. The summed E-state index contributed by atoms with van der Waals surface area (Å²) in [6, 6.07) is 3.73. The molecule has 4 atom stereocenters. The highest BCUT2D eigenvalue weighted by atomic mass is 32.5. The SMILES string of the molecule is COc1cc(F)c(O[C@H]2CC[C@@H](C(=O)O)CC2)cc1C(=O)N[C@@H]1[C@H]2CC[C@H](C2)[C@@H]1C(=O)Nc1cccc(S(F)(F)(F)(F)F)c1. The van der Waals surface area contributed by atoms with E-state index < -0.39 is 68.4 Å². The Morgan fingerprint density at radius 2 is 1.59 bits per heavy atom. The van der Waals surface area contributed by atoms with Crippen molar-refractivity contribution in [3.63, 3.8) is 0 Å². The van der Waals surface area contributed by atoms with Gasteiger partial charge in [-0.15, -0.1) is 0 Å². The lowest BCUT2D eigenvalue weighted by Gasteiger charge is -2.40. The number of carboxylic acid groups (broad SMARTS) is 1. The summed E-state index contributed by atoms with van der Waals surface area (Å²) in [5, 5.41) is 14.3. The van der Waals surface area contributed by atoms with E-state index in [1.807, 2.05) is 0 Å². The second-order valence-electron chi connectivity index (χ2n) is 11.8. The highest BCUT2D eigenvalue weighted by Crippen LogP contribution is 3.02. The molecular formula is C29H32F6N2O6S. The molecule has 3 fully saturated rings. The molecule has 0 radical (unpaired) electrons. The normalized spacial score (nSPS) is 28.0. The van der Waals surface area contributed by atoms with Crippen molar-refractivity contribution in [1.82, 2.24) is 5.32 Å². The molecule has 2 amide bonds. The maximum absolute atomic E-state index is 14.9. The molecule has 5 rings (SSSR count). The molecule has 0 unspecified atom stereocenters. The van der Waals surface area contributed by atoms with Crippen LogP contribution in [0.15, 0.2) is 41.3 Å². The van der Waals surface area contributed by atoms with Crippen molar-refractivity contribution in [3.8, 4) is 11.5 Å². The van der Waals surface area contributed by atoms with E-state index in [0.717, 1.165) is 18.2 Å². The number of methoxy groups -OCH3 is 1. The van der Waals surface area contributed by atoms with Crippen LogP contribution in [0.25, 0.3) is 0 Å². The summed E-state index contributed by atoms with van der Waals surface area (Å²) in [5.74, 6) is -5.09. The average molecular weight is 651 g/mol. The van der Waals surface area contributed by atoms with Crippen molar-refractivity contribution in [2.45, 2.75) is 62.0 Å². The number of halogens is 6. The predicted octanol–water partition coefficient (Wildman–Crippen LogP) is 7.30. The molecule has 2 aromatic rings. The fraction of sp³-hybridized carbons (Fsp3) is 0.483. The van der Waals surface area contributed by atoms with Gasteiger partial charge in [-0.2, -0.15) is 0 Å². The number of carbonyl (C=O) groups excluding carboxylic acids is 2. The Hall–Kier alpha value is -3.62. The van der Waals surface area contributed by atoms with Crippen LogP contribution in [-0.4, -0.2) is 42.1 Å². The van der Waals surface area contributed by atoms with Crippen molar-refractivity contribution in [2.24, 2.45) is 23.7 Å². The molecule has 0 heterocycles. The fourth-order valence-corrected chi connectivity index (χ4v) is 7.41.